The molecule has 0 radical (unpaired) electrons. The number of hydrogen-bond acceptors (Lipinski definition) is 7. The topological polar surface area (TPSA) is 119 Å². The molecule has 0 bridgehead atoms. The highest BCUT2D eigenvalue weighted by Crippen LogP contribution is 2.19. The van der Waals surface area contributed by atoms with Crippen LogP contribution >= 0.6 is 0 Å². The number of nitrogens with zero attached hydrogens (tertiary/aromatic N) is 1. The number of aryl methyl sites for hydroxylation is 1. The Morgan fingerprint density at radius 1 is 0.865 bits per heavy atom. The summed E-state index contributed by atoms with van der Waals surface area (Å²) in [5, 5.41) is 1.08. The highest BCUT2D eigenvalue weighted by atomic mass is 16.5. The van der Waals surface area contributed by atoms with Crippen molar-refractivity contribution in [1.29, 1.82) is 0 Å². The molecule has 0 aromatic heterocycles. The summed E-state index contributed by atoms with van der Waals surface area (Å²) in [7, 11) is 0. The number of esters is 2. The van der Waals surface area contributed by atoms with Gasteiger partial charge in [-0.05, 0) is 55.5 Å². The van der Waals surface area contributed by atoms with Gasteiger partial charge in [0.05, 0.1) is 18.0 Å². The normalized spacial score (nSPS) is 14.7. The number of ether oxygens (including phenoxy) is 2. The van der Waals surface area contributed by atoms with E-state index in [9.17, 15) is 24.0 Å². The summed E-state index contributed by atoms with van der Waals surface area (Å²) < 4.78 is 10.4. The van der Waals surface area contributed by atoms with Crippen LogP contribution in [0.1, 0.15) is 43.1 Å². The van der Waals surface area contributed by atoms with Gasteiger partial charge in [-0.1, -0.05) is 35.9 Å². The molecular formula is C28H24N2O7. The maximum Gasteiger partial charge on any atom is 0.343 e. The highest BCUT2D eigenvalue weighted by Gasteiger charge is 2.36. The number of ketones is 1. The lowest BCUT2D eigenvalue weighted by Gasteiger charge is -2.17. The van der Waals surface area contributed by atoms with E-state index >= 15 is 0 Å². The number of amides is 2. The Bertz CT molecular complexity index is 1320. The van der Waals surface area contributed by atoms with Crippen molar-refractivity contribution >= 4 is 29.5 Å². The Kier molecular flexibility index (Phi) is 7.73. The van der Waals surface area contributed by atoms with Gasteiger partial charge in [0.1, 0.15) is 5.75 Å². The van der Waals surface area contributed by atoms with E-state index in [1.54, 1.807) is 54.6 Å². The van der Waals surface area contributed by atoms with Crippen molar-refractivity contribution in [2.45, 2.75) is 13.3 Å². The Balaban J connectivity index is 1.25. The third-order valence-electron chi connectivity index (χ3n) is 5.75. The molecule has 4 rings (SSSR count). The largest absolute Gasteiger partial charge is 0.457 e. The van der Waals surface area contributed by atoms with Crippen LogP contribution < -0.4 is 10.2 Å². The highest BCUT2D eigenvalue weighted by molar-refractivity contribution is 5.99. The van der Waals surface area contributed by atoms with Crippen molar-refractivity contribution in [3.8, 4) is 5.75 Å². The van der Waals surface area contributed by atoms with E-state index in [2.05, 4.69) is 5.43 Å². The maximum atomic E-state index is 12.5. The second kappa shape index (κ2) is 11.3. The zero-order valence-corrected chi connectivity index (χ0v) is 20.0. The summed E-state index contributed by atoms with van der Waals surface area (Å²) in [6.07, 6.45) is -0.136. The summed E-state index contributed by atoms with van der Waals surface area (Å²) in [6.45, 7) is 1.35. The number of hydrogen-bond donors (Lipinski definition) is 1. The molecule has 3 aromatic rings. The molecule has 1 aliphatic heterocycles. The molecule has 1 aliphatic rings. The van der Waals surface area contributed by atoms with E-state index < -0.39 is 42.1 Å². The summed E-state index contributed by atoms with van der Waals surface area (Å²) >= 11 is 0. The number of Topliss-reactive ketones (excluding diaryl/α,β-unsaturated/α-hetero) is 1. The Hall–Kier alpha value is -4.79. The average molecular weight is 501 g/mol. The van der Waals surface area contributed by atoms with Gasteiger partial charge in [-0.2, -0.15) is 0 Å². The second-order valence-corrected chi connectivity index (χ2v) is 8.52. The van der Waals surface area contributed by atoms with E-state index in [-0.39, 0.29) is 24.3 Å². The molecule has 0 aliphatic carbocycles. The van der Waals surface area contributed by atoms with Gasteiger partial charge in [0, 0.05) is 17.5 Å². The second-order valence-electron chi connectivity index (χ2n) is 8.52. The third-order valence-corrected chi connectivity index (χ3v) is 5.75. The van der Waals surface area contributed by atoms with Gasteiger partial charge in [0.15, 0.2) is 12.4 Å². The fourth-order valence-corrected chi connectivity index (χ4v) is 3.65. The first-order valence-corrected chi connectivity index (χ1v) is 11.6. The van der Waals surface area contributed by atoms with Gasteiger partial charge in [-0.3, -0.25) is 29.6 Å². The molecule has 1 unspecified atom stereocenters. The molecule has 0 spiro atoms. The molecule has 188 valence electrons. The minimum Gasteiger partial charge on any atom is -0.457 e. The lowest BCUT2D eigenvalue weighted by Crippen LogP contribution is -2.43. The number of nitrogens with one attached hydrogen (secondary N) is 1. The fraction of sp³-hybridized carbons (Fsp3) is 0.179. The summed E-state index contributed by atoms with van der Waals surface area (Å²) in [5.41, 5.74) is 4.55. The van der Waals surface area contributed by atoms with Crippen LogP contribution in [-0.2, 0) is 14.3 Å². The molecule has 1 heterocycles. The van der Waals surface area contributed by atoms with E-state index in [1.807, 2.05) is 6.92 Å². The number of carbonyl (C=O) groups excluding carboxylic acids is 5. The van der Waals surface area contributed by atoms with Gasteiger partial charge >= 0.3 is 11.9 Å². The first kappa shape index (κ1) is 25.3. The van der Waals surface area contributed by atoms with E-state index in [0.717, 1.165) is 10.6 Å². The van der Waals surface area contributed by atoms with Gasteiger partial charge in [-0.25, -0.2) is 4.79 Å². The van der Waals surface area contributed by atoms with Crippen molar-refractivity contribution in [1.82, 2.24) is 10.4 Å². The molecular weight excluding hydrogens is 476 g/mol. The van der Waals surface area contributed by atoms with Crippen LogP contribution in [0.15, 0.2) is 78.9 Å². The molecule has 37 heavy (non-hydrogen) atoms. The molecule has 9 heteroatoms. The maximum absolute atomic E-state index is 12.5. The Morgan fingerprint density at radius 3 is 2.19 bits per heavy atom. The molecule has 1 saturated heterocycles. The Labute approximate surface area is 213 Å². The van der Waals surface area contributed by atoms with Crippen molar-refractivity contribution in [2.24, 2.45) is 5.92 Å². The van der Waals surface area contributed by atoms with Crippen LogP contribution in [0.2, 0.25) is 0 Å². The fourth-order valence-electron chi connectivity index (χ4n) is 3.65. The predicted molar refractivity (Wildman–Crippen MR) is 132 cm³/mol. The monoisotopic (exact) mass is 500 g/mol. The van der Waals surface area contributed by atoms with Crippen molar-refractivity contribution in [3.05, 3.63) is 101 Å². The van der Waals surface area contributed by atoms with E-state index in [1.165, 1.54) is 24.3 Å². The van der Waals surface area contributed by atoms with Crippen LogP contribution in [0.4, 0.5) is 0 Å². The molecule has 9 nitrogen and oxygen atoms in total. The standard InChI is InChI=1S/C28H24N2O7/c1-18-7-9-21(10-8-18)28(35)37-23-13-11-19(12-14-23)24(31)17-36-27(34)22-15-25(32)30(16-22)29-26(33)20-5-3-2-4-6-20/h2-14,22H,15-17H2,1H3,(H,29,33). The molecule has 1 fully saturated rings. The van der Waals surface area contributed by atoms with Gasteiger partial charge < -0.3 is 9.47 Å². The minimum atomic E-state index is -0.806. The number of hydrazine groups is 1. The third kappa shape index (κ3) is 6.46. The molecule has 3 aromatic carbocycles. The number of rotatable bonds is 8. The lowest BCUT2D eigenvalue weighted by molar-refractivity contribution is -0.147. The Morgan fingerprint density at radius 2 is 1.51 bits per heavy atom. The van der Waals surface area contributed by atoms with Crippen LogP contribution in [-0.4, -0.2) is 47.7 Å². The average Bonchev–Trinajstić information content (AvgIpc) is 3.28. The quantitative estimate of drug-likeness (QED) is 0.287. The van der Waals surface area contributed by atoms with Crippen LogP contribution in [0.3, 0.4) is 0 Å². The lowest BCUT2D eigenvalue weighted by atomic mass is 10.1. The van der Waals surface area contributed by atoms with Gasteiger partial charge in [0.2, 0.25) is 5.91 Å². The van der Waals surface area contributed by atoms with Crippen LogP contribution in [0.5, 0.6) is 5.75 Å². The zero-order chi connectivity index (χ0) is 26.4. The molecule has 2 amide bonds. The predicted octanol–water partition coefficient (Wildman–Crippen LogP) is 3.13. The van der Waals surface area contributed by atoms with Crippen molar-refractivity contribution in [2.75, 3.05) is 13.2 Å². The summed E-state index contributed by atoms with van der Waals surface area (Å²) in [5.74, 6) is -3.11. The van der Waals surface area contributed by atoms with Crippen molar-refractivity contribution < 1.29 is 33.4 Å². The van der Waals surface area contributed by atoms with Crippen molar-refractivity contribution in [3.63, 3.8) is 0 Å². The van der Waals surface area contributed by atoms with Gasteiger partial charge in [0.25, 0.3) is 5.91 Å². The SMILES string of the molecule is Cc1ccc(C(=O)Oc2ccc(C(=O)COC(=O)C3CC(=O)N(NC(=O)c4ccccc4)C3)cc2)cc1. The van der Waals surface area contributed by atoms with Gasteiger partial charge in [-0.15, -0.1) is 0 Å². The molecule has 1 N–H and O–H groups in total. The molecule has 0 saturated carbocycles. The molecule has 1 atom stereocenters. The van der Waals surface area contributed by atoms with Crippen LogP contribution in [0.25, 0.3) is 0 Å². The number of benzene rings is 3. The van der Waals surface area contributed by atoms with E-state index in [0.29, 0.717) is 11.1 Å². The smallest absolute Gasteiger partial charge is 0.343 e. The number of carbonyl (C=O) groups is 5. The first-order valence-electron chi connectivity index (χ1n) is 11.6. The minimum absolute atomic E-state index is 0.0501. The summed E-state index contributed by atoms with van der Waals surface area (Å²) in [6, 6.07) is 21.2. The zero-order valence-electron chi connectivity index (χ0n) is 20.0. The first-order chi connectivity index (χ1) is 17.8. The van der Waals surface area contributed by atoms with E-state index in [4.69, 9.17) is 9.47 Å². The summed E-state index contributed by atoms with van der Waals surface area (Å²) in [4.78, 5) is 61.6. The van der Waals surface area contributed by atoms with Crippen LogP contribution in [0, 0.1) is 12.8 Å².